The van der Waals surface area contributed by atoms with Crippen molar-refractivity contribution in [2.75, 3.05) is 31.1 Å². The molecule has 2 N–H and O–H groups in total. The SMILES string of the molecule is NCCN1CCC2(CCCS(=O)(=O)C2)OC1=O. The lowest BCUT2D eigenvalue weighted by Crippen LogP contribution is -2.55. The number of nitrogens with two attached hydrogens (primary N) is 1. The molecule has 0 saturated carbocycles. The summed E-state index contributed by atoms with van der Waals surface area (Å²) < 4.78 is 28.6. The third-order valence-corrected chi connectivity index (χ3v) is 5.25. The van der Waals surface area contributed by atoms with E-state index in [9.17, 15) is 13.2 Å². The maximum Gasteiger partial charge on any atom is 0.410 e. The smallest absolute Gasteiger partial charge is 0.410 e. The van der Waals surface area contributed by atoms with Gasteiger partial charge in [0.25, 0.3) is 0 Å². The third-order valence-electron chi connectivity index (χ3n) is 3.37. The molecule has 2 aliphatic rings. The summed E-state index contributed by atoms with van der Waals surface area (Å²) >= 11 is 0. The van der Waals surface area contributed by atoms with Crippen molar-refractivity contribution in [3.8, 4) is 0 Å². The fraction of sp³-hybridized carbons (Fsp3) is 0.900. The van der Waals surface area contributed by atoms with Crippen LogP contribution < -0.4 is 5.73 Å². The van der Waals surface area contributed by atoms with Crippen LogP contribution in [0.5, 0.6) is 0 Å². The molecule has 2 aliphatic heterocycles. The van der Waals surface area contributed by atoms with E-state index in [0.717, 1.165) is 0 Å². The van der Waals surface area contributed by atoms with E-state index in [1.807, 2.05) is 0 Å². The number of carbonyl (C=O) groups is 1. The number of amides is 1. The van der Waals surface area contributed by atoms with Crippen LogP contribution in [0.25, 0.3) is 0 Å². The summed E-state index contributed by atoms with van der Waals surface area (Å²) in [5, 5.41) is 0. The number of carbonyl (C=O) groups excluding carboxylic acids is 1. The highest BCUT2D eigenvalue weighted by Crippen LogP contribution is 2.33. The number of sulfone groups is 1. The molecule has 0 radical (unpaired) electrons. The fourth-order valence-corrected chi connectivity index (χ4v) is 4.40. The molecule has 1 atom stereocenters. The van der Waals surface area contributed by atoms with E-state index in [1.165, 1.54) is 4.90 Å². The average molecular weight is 262 g/mol. The number of hydrogen-bond acceptors (Lipinski definition) is 5. The zero-order valence-corrected chi connectivity index (χ0v) is 10.5. The van der Waals surface area contributed by atoms with Gasteiger partial charge in [0.1, 0.15) is 5.60 Å². The van der Waals surface area contributed by atoms with Crippen molar-refractivity contribution >= 4 is 15.9 Å². The predicted octanol–water partition coefficient (Wildman–Crippen LogP) is -0.265. The number of nitrogens with zero attached hydrogens (tertiary/aromatic N) is 1. The predicted molar refractivity (Wildman–Crippen MR) is 62.3 cm³/mol. The normalized spacial score (nSPS) is 32.5. The molecule has 1 amide bonds. The van der Waals surface area contributed by atoms with Crippen molar-refractivity contribution in [2.24, 2.45) is 5.73 Å². The van der Waals surface area contributed by atoms with Crippen LogP contribution in [0.2, 0.25) is 0 Å². The standard InChI is InChI=1S/C10H18N2O4S/c11-4-6-12-5-3-10(16-9(12)13)2-1-7-17(14,15)8-10/h1-8,11H2. The summed E-state index contributed by atoms with van der Waals surface area (Å²) in [6.07, 6.45) is 1.37. The molecular formula is C10H18N2O4S. The van der Waals surface area contributed by atoms with Crippen LogP contribution in [0.3, 0.4) is 0 Å². The molecule has 98 valence electrons. The van der Waals surface area contributed by atoms with E-state index in [0.29, 0.717) is 38.9 Å². The molecule has 17 heavy (non-hydrogen) atoms. The van der Waals surface area contributed by atoms with Crippen molar-refractivity contribution in [2.45, 2.75) is 24.9 Å². The van der Waals surface area contributed by atoms with E-state index in [4.69, 9.17) is 10.5 Å². The lowest BCUT2D eigenvalue weighted by atomic mass is 9.94. The van der Waals surface area contributed by atoms with Gasteiger partial charge in [-0.05, 0) is 12.8 Å². The quantitative estimate of drug-likeness (QED) is 0.740. The first-order chi connectivity index (χ1) is 7.96. The average Bonchev–Trinajstić information content (AvgIpc) is 2.21. The highest BCUT2D eigenvalue weighted by atomic mass is 32.2. The van der Waals surface area contributed by atoms with Crippen LogP contribution in [0.15, 0.2) is 0 Å². The van der Waals surface area contributed by atoms with Gasteiger partial charge in [0.2, 0.25) is 0 Å². The molecule has 2 saturated heterocycles. The van der Waals surface area contributed by atoms with E-state index < -0.39 is 21.5 Å². The zero-order chi connectivity index (χ0) is 12.5. The number of hydrogen-bond donors (Lipinski definition) is 1. The van der Waals surface area contributed by atoms with Crippen molar-refractivity contribution in [1.29, 1.82) is 0 Å². The Labute approximate surface area is 101 Å². The molecule has 0 aromatic heterocycles. The molecule has 2 fully saturated rings. The first kappa shape index (κ1) is 12.6. The topological polar surface area (TPSA) is 89.7 Å². The van der Waals surface area contributed by atoms with Gasteiger partial charge in [0.05, 0.1) is 11.5 Å². The highest BCUT2D eigenvalue weighted by Gasteiger charge is 2.45. The number of ether oxygens (including phenoxy) is 1. The summed E-state index contributed by atoms with van der Waals surface area (Å²) in [5.74, 6) is 0.182. The Kier molecular flexibility index (Phi) is 3.31. The molecule has 1 spiro atoms. The van der Waals surface area contributed by atoms with Gasteiger partial charge in [-0.2, -0.15) is 0 Å². The lowest BCUT2D eigenvalue weighted by Gasteiger charge is -2.42. The monoisotopic (exact) mass is 262 g/mol. The molecule has 7 heteroatoms. The Morgan fingerprint density at radius 1 is 1.41 bits per heavy atom. The first-order valence-electron chi connectivity index (χ1n) is 5.85. The van der Waals surface area contributed by atoms with Gasteiger partial charge in [0, 0.05) is 26.1 Å². The third kappa shape index (κ3) is 2.71. The van der Waals surface area contributed by atoms with Gasteiger partial charge in [-0.15, -0.1) is 0 Å². The minimum Gasteiger partial charge on any atom is -0.442 e. The Bertz CT molecular complexity index is 409. The van der Waals surface area contributed by atoms with Crippen LogP contribution in [0, 0.1) is 0 Å². The Balaban J connectivity index is 2.07. The molecule has 6 nitrogen and oxygen atoms in total. The van der Waals surface area contributed by atoms with Crippen LogP contribution >= 0.6 is 0 Å². The summed E-state index contributed by atoms with van der Waals surface area (Å²) in [5.41, 5.74) is 4.61. The molecule has 0 aliphatic carbocycles. The van der Waals surface area contributed by atoms with Gasteiger partial charge < -0.3 is 15.4 Å². The molecule has 2 heterocycles. The molecule has 1 unspecified atom stereocenters. The minimum atomic E-state index is -3.06. The summed E-state index contributed by atoms with van der Waals surface area (Å²) in [7, 11) is -3.06. The second-order valence-corrected chi connectivity index (χ2v) is 6.96. The first-order valence-corrected chi connectivity index (χ1v) is 7.67. The largest absolute Gasteiger partial charge is 0.442 e. The summed E-state index contributed by atoms with van der Waals surface area (Å²) in [6, 6.07) is 0. The van der Waals surface area contributed by atoms with Crippen LogP contribution in [-0.2, 0) is 14.6 Å². The fourth-order valence-electron chi connectivity index (χ4n) is 2.53. The van der Waals surface area contributed by atoms with Crippen molar-refractivity contribution in [1.82, 2.24) is 4.90 Å². The van der Waals surface area contributed by atoms with E-state index in [1.54, 1.807) is 0 Å². The maximum atomic E-state index is 11.7. The Morgan fingerprint density at radius 2 is 2.18 bits per heavy atom. The molecule has 0 bridgehead atoms. The molecule has 2 rings (SSSR count). The van der Waals surface area contributed by atoms with Crippen LogP contribution in [0.1, 0.15) is 19.3 Å². The molecule has 0 aromatic carbocycles. The zero-order valence-electron chi connectivity index (χ0n) is 9.72. The Hall–Kier alpha value is -0.820. The van der Waals surface area contributed by atoms with Gasteiger partial charge >= 0.3 is 6.09 Å². The van der Waals surface area contributed by atoms with Crippen molar-refractivity contribution < 1.29 is 17.9 Å². The summed E-state index contributed by atoms with van der Waals surface area (Å²) in [4.78, 5) is 13.3. The molecule has 0 aromatic rings. The maximum absolute atomic E-state index is 11.7. The highest BCUT2D eigenvalue weighted by molar-refractivity contribution is 7.91. The van der Waals surface area contributed by atoms with E-state index in [-0.39, 0.29) is 11.5 Å². The van der Waals surface area contributed by atoms with Gasteiger partial charge in [-0.25, -0.2) is 13.2 Å². The second kappa shape index (κ2) is 4.45. The van der Waals surface area contributed by atoms with Crippen LogP contribution in [0.4, 0.5) is 4.79 Å². The Morgan fingerprint density at radius 3 is 2.76 bits per heavy atom. The van der Waals surface area contributed by atoms with Crippen LogP contribution in [-0.4, -0.2) is 56.2 Å². The van der Waals surface area contributed by atoms with Crippen molar-refractivity contribution in [3.63, 3.8) is 0 Å². The molecular weight excluding hydrogens is 244 g/mol. The summed E-state index contributed by atoms with van der Waals surface area (Å²) in [6.45, 7) is 1.38. The van der Waals surface area contributed by atoms with Gasteiger partial charge in [-0.3, -0.25) is 0 Å². The van der Waals surface area contributed by atoms with Crippen molar-refractivity contribution in [3.05, 3.63) is 0 Å². The lowest BCUT2D eigenvalue weighted by molar-refractivity contribution is -0.0408. The number of rotatable bonds is 2. The second-order valence-electron chi connectivity index (χ2n) is 4.77. The minimum absolute atomic E-state index is 0.0256. The van der Waals surface area contributed by atoms with E-state index in [2.05, 4.69) is 0 Å². The van der Waals surface area contributed by atoms with Gasteiger partial charge in [-0.1, -0.05) is 0 Å². The van der Waals surface area contributed by atoms with Gasteiger partial charge in [0.15, 0.2) is 9.84 Å². The van der Waals surface area contributed by atoms with E-state index >= 15 is 0 Å².